The summed E-state index contributed by atoms with van der Waals surface area (Å²) < 4.78 is 5.59. The van der Waals surface area contributed by atoms with Crippen LogP contribution in [0.1, 0.15) is 23.6 Å². The molecule has 0 radical (unpaired) electrons. The first-order valence-corrected chi connectivity index (χ1v) is 8.04. The third kappa shape index (κ3) is 3.87. The van der Waals surface area contributed by atoms with Gasteiger partial charge in [0.05, 0.1) is 12.6 Å². The Morgan fingerprint density at radius 2 is 2.04 bits per heavy atom. The van der Waals surface area contributed by atoms with Crippen LogP contribution in [-0.2, 0) is 4.79 Å². The van der Waals surface area contributed by atoms with E-state index in [-0.39, 0.29) is 11.9 Å². The summed E-state index contributed by atoms with van der Waals surface area (Å²) >= 11 is 12.1. The van der Waals surface area contributed by atoms with Crippen molar-refractivity contribution < 1.29 is 9.53 Å². The Bertz CT molecular complexity index is 758. The number of fused-ring (bicyclic) bond motifs is 1. The van der Waals surface area contributed by atoms with Crippen LogP contribution in [0.15, 0.2) is 48.5 Å². The Balaban J connectivity index is 1.72. The van der Waals surface area contributed by atoms with Gasteiger partial charge in [-0.05, 0) is 35.9 Å². The minimum atomic E-state index is -0.178. The molecule has 0 fully saturated rings. The van der Waals surface area contributed by atoms with Crippen LogP contribution in [0.5, 0.6) is 5.75 Å². The van der Waals surface area contributed by atoms with E-state index in [2.05, 4.69) is 5.32 Å². The number of ether oxygens (including phenoxy) is 1. The molecule has 1 atom stereocenters. The molecule has 0 aromatic heterocycles. The van der Waals surface area contributed by atoms with E-state index in [1.807, 2.05) is 30.3 Å². The zero-order valence-electron chi connectivity index (χ0n) is 12.3. The molecule has 1 aliphatic heterocycles. The van der Waals surface area contributed by atoms with Crippen LogP contribution in [0.3, 0.4) is 0 Å². The lowest BCUT2D eigenvalue weighted by Gasteiger charge is -2.26. The van der Waals surface area contributed by atoms with Crippen LogP contribution < -0.4 is 10.1 Å². The Labute approximate surface area is 144 Å². The SMILES string of the molecule is O=C(/C=C/c1ccccc1Cl)NC1CCOc2ccc(Cl)cc21. The molecule has 0 bridgehead atoms. The number of carbonyl (C=O) groups excluding carboxylic acids is 1. The van der Waals surface area contributed by atoms with Crippen molar-refractivity contribution in [3.8, 4) is 5.75 Å². The van der Waals surface area contributed by atoms with Crippen LogP contribution >= 0.6 is 23.2 Å². The lowest BCUT2D eigenvalue weighted by atomic mass is 10.0. The molecule has 2 aromatic rings. The molecular formula is C18H15Cl2NO2. The molecule has 3 rings (SSSR count). The van der Waals surface area contributed by atoms with E-state index in [1.54, 1.807) is 18.2 Å². The van der Waals surface area contributed by atoms with E-state index in [0.717, 1.165) is 16.9 Å². The van der Waals surface area contributed by atoms with Crippen molar-refractivity contribution in [3.05, 3.63) is 69.7 Å². The predicted octanol–water partition coefficient (Wildman–Crippen LogP) is 4.65. The summed E-state index contributed by atoms with van der Waals surface area (Å²) in [5, 5.41) is 4.22. The monoisotopic (exact) mass is 347 g/mol. The summed E-state index contributed by atoms with van der Waals surface area (Å²) in [6.45, 7) is 0.563. The molecule has 0 saturated heterocycles. The molecule has 5 heteroatoms. The smallest absolute Gasteiger partial charge is 0.244 e. The number of rotatable bonds is 3. The van der Waals surface area contributed by atoms with Crippen molar-refractivity contribution in [1.82, 2.24) is 5.32 Å². The fourth-order valence-corrected chi connectivity index (χ4v) is 2.89. The molecule has 3 nitrogen and oxygen atoms in total. The highest BCUT2D eigenvalue weighted by molar-refractivity contribution is 6.32. The van der Waals surface area contributed by atoms with E-state index in [0.29, 0.717) is 23.1 Å². The van der Waals surface area contributed by atoms with Crippen LogP contribution in [0, 0.1) is 0 Å². The highest BCUT2D eigenvalue weighted by atomic mass is 35.5. The number of amides is 1. The fraction of sp³-hybridized carbons (Fsp3) is 0.167. The Kier molecular flexibility index (Phi) is 4.89. The predicted molar refractivity (Wildman–Crippen MR) is 92.9 cm³/mol. The second kappa shape index (κ2) is 7.07. The van der Waals surface area contributed by atoms with Crippen LogP contribution in [0.2, 0.25) is 10.0 Å². The Morgan fingerprint density at radius 3 is 2.87 bits per heavy atom. The van der Waals surface area contributed by atoms with Gasteiger partial charge in [0.25, 0.3) is 0 Å². The number of carbonyl (C=O) groups is 1. The van der Waals surface area contributed by atoms with Crippen molar-refractivity contribution >= 4 is 35.2 Å². The molecular weight excluding hydrogens is 333 g/mol. The minimum absolute atomic E-state index is 0.110. The number of hydrogen-bond acceptors (Lipinski definition) is 2. The molecule has 118 valence electrons. The molecule has 1 N–H and O–H groups in total. The molecule has 1 amide bonds. The third-order valence-electron chi connectivity index (χ3n) is 3.65. The van der Waals surface area contributed by atoms with Crippen molar-refractivity contribution in [2.75, 3.05) is 6.61 Å². The third-order valence-corrected chi connectivity index (χ3v) is 4.23. The molecule has 1 heterocycles. The van der Waals surface area contributed by atoms with Gasteiger partial charge in [0.2, 0.25) is 5.91 Å². The maximum absolute atomic E-state index is 12.2. The maximum atomic E-state index is 12.2. The minimum Gasteiger partial charge on any atom is -0.493 e. The molecule has 1 aliphatic rings. The topological polar surface area (TPSA) is 38.3 Å². The summed E-state index contributed by atoms with van der Waals surface area (Å²) in [6.07, 6.45) is 3.90. The van der Waals surface area contributed by atoms with Gasteiger partial charge in [-0.15, -0.1) is 0 Å². The van der Waals surface area contributed by atoms with Gasteiger partial charge in [-0.1, -0.05) is 41.4 Å². The van der Waals surface area contributed by atoms with Crippen molar-refractivity contribution in [2.45, 2.75) is 12.5 Å². The summed E-state index contributed by atoms with van der Waals surface area (Å²) in [7, 11) is 0. The van der Waals surface area contributed by atoms with Crippen molar-refractivity contribution in [2.24, 2.45) is 0 Å². The number of nitrogens with one attached hydrogen (secondary N) is 1. The summed E-state index contributed by atoms with van der Waals surface area (Å²) in [6, 6.07) is 12.7. The molecule has 2 aromatic carbocycles. The first-order valence-electron chi connectivity index (χ1n) is 7.29. The largest absolute Gasteiger partial charge is 0.493 e. The molecule has 1 unspecified atom stereocenters. The average molecular weight is 348 g/mol. The van der Waals surface area contributed by atoms with Gasteiger partial charge in [0.15, 0.2) is 0 Å². The van der Waals surface area contributed by atoms with Crippen LogP contribution in [0.4, 0.5) is 0 Å². The van der Waals surface area contributed by atoms with Crippen LogP contribution in [-0.4, -0.2) is 12.5 Å². The van der Waals surface area contributed by atoms with Gasteiger partial charge in [-0.2, -0.15) is 0 Å². The lowest BCUT2D eigenvalue weighted by Crippen LogP contribution is -2.30. The van der Waals surface area contributed by atoms with Crippen molar-refractivity contribution in [3.63, 3.8) is 0 Å². The number of benzene rings is 2. The van der Waals surface area contributed by atoms with Gasteiger partial charge in [0, 0.05) is 28.1 Å². The standard InChI is InChI=1S/C18H15Cl2NO2/c19-13-6-7-17-14(11-13)16(9-10-23-17)21-18(22)8-5-12-3-1-2-4-15(12)20/h1-8,11,16H,9-10H2,(H,21,22)/b8-5+. The molecule has 0 aliphatic carbocycles. The molecule has 0 spiro atoms. The van der Waals surface area contributed by atoms with E-state index in [1.165, 1.54) is 6.08 Å². The lowest BCUT2D eigenvalue weighted by molar-refractivity contribution is -0.117. The first-order chi connectivity index (χ1) is 11.1. The number of halogens is 2. The molecule has 23 heavy (non-hydrogen) atoms. The zero-order valence-corrected chi connectivity index (χ0v) is 13.8. The average Bonchev–Trinajstić information content (AvgIpc) is 2.55. The fourth-order valence-electron chi connectivity index (χ4n) is 2.51. The second-order valence-corrected chi connectivity index (χ2v) is 6.08. The number of hydrogen-bond donors (Lipinski definition) is 1. The summed E-state index contributed by atoms with van der Waals surface area (Å²) in [5.74, 6) is 0.587. The second-order valence-electron chi connectivity index (χ2n) is 5.24. The van der Waals surface area contributed by atoms with Crippen LogP contribution in [0.25, 0.3) is 6.08 Å². The zero-order chi connectivity index (χ0) is 16.2. The maximum Gasteiger partial charge on any atom is 0.244 e. The van der Waals surface area contributed by atoms with Gasteiger partial charge in [-0.25, -0.2) is 0 Å². The van der Waals surface area contributed by atoms with Gasteiger partial charge in [-0.3, -0.25) is 4.79 Å². The van der Waals surface area contributed by atoms with E-state index in [4.69, 9.17) is 27.9 Å². The van der Waals surface area contributed by atoms with Gasteiger partial charge in [0.1, 0.15) is 5.75 Å². The summed E-state index contributed by atoms with van der Waals surface area (Å²) in [4.78, 5) is 12.2. The quantitative estimate of drug-likeness (QED) is 0.821. The molecule has 0 saturated carbocycles. The van der Waals surface area contributed by atoms with E-state index >= 15 is 0 Å². The Morgan fingerprint density at radius 1 is 1.22 bits per heavy atom. The first kappa shape index (κ1) is 15.9. The van der Waals surface area contributed by atoms with E-state index in [9.17, 15) is 4.79 Å². The highest BCUT2D eigenvalue weighted by Crippen LogP contribution is 2.33. The summed E-state index contributed by atoms with van der Waals surface area (Å²) in [5.41, 5.74) is 1.71. The van der Waals surface area contributed by atoms with Crippen molar-refractivity contribution in [1.29, 1.82) is 0 Å². The van der Waals surface area contributed by atoms with E-state index < -0.39 is 0 Å². The van der Waals surface area contributed by atoms with Gasteiger partial charge >= 0.3 is 0 Å². The normalized spacial score (nSPS) is 16.7. The highest BCUT2D eigenvalue weighted by Gasteiger charge is 2.22. The Hall–Kier alpha value is -1.97. The van der Waals surface area contributed by atoms with Gasteiger partial charge < -0.3 is 10.1 Å².